The summed E-state index contributed by atoms with van der Waals surface area (Å²) < 4.78 is 0. The van der Waals surface area contributed by atoms with Crippen LogP contribution in [0.5, 0.6) is 0 Å². The second-order valence-electron chi connectivity index (χ2n) is 3.95. The van der Waals surface area contributed by atoms with Gasteiger partial charge in [0.1, 0.15) is 10.8 Å². The van der Waals surface area contributed by atoms with Crippen LogP contribution < -0.4 is 5.32 Å². The summed E-state index contributed by atoms with van der Waals surface area (Å²) >= 11 is 5.82. The first-order chi connectivity index (χ1) is 8.56. The lowest BCUT2D eigenvalue weighted by atomic mass is 10.2. The minimum atomic E-state index is -0.262. The molecule has 0 saturated heterocycles. The van der Waals surface area contributed by atoms with Gasteiger partial charge in [-0.05, 0) is 37.6 Å². The molecule has 0 radical (unpaired) electrons. The van der Waals surface area contributed by atoms with Crippen LogP contribution >= 0.6 is 11.6 Å². The van der Waals surface area contributed by atoms with Crippen LogP contribution in [-0.2, 0) is 0 Å². The van der Waals surface area contributed by atoms with Gasteiger partial charge in [0.2, 0.25) is 0 Å². The van der Waals surface area contributed by atoms with Crippen LogP contribution in [0, 0.1) is 13.8 Å². The molecule has 2 aromatic heterocycles. The maximum atomic E-state index is 11.9. The fourth-order valence-corrected chi connectivity index (χ4v) is 1.59. The van der Waals surface area contributed by atoms with Gasteiger partial charge in [-0.15, -0.1) is 0 Å². The van der Waals surface area contributed by atoms with Crippen LogP contribution in [0.4, 0.5) is 5.69 Å². The first kappa shape index (κ1) is 12.5. The first-order valence-corrected chi connectivity index (χ1v) is 5.81. The van der Waals surface area contributed by atoms with Crippen molar-refractivity contribution in [2.24, 2.45) is 0 Å². The normalized spacial score (nSPS) is 10.2. The number of carbonyl (C=O) groups is 1. The molecule has 0 aliphatic carbocycles. The fraction of sp³-hybridized carbons (Fsp3) is 0.154. The molecule has 0 bridgehead atoms. The molecular weight excluding hydrogens is 250 g/mol. The molecule has 4 nitrogen and oxygen atoms in total. The topological polar surface area (TPSA) is 54.9 Å². The van der Waals surface area contributed by atoms with Gasteiger partial charge in [0, 0.05) is 5.69 Å². The number of aryl methyl sites for hydroxylation is 2. The number of halogens is 1. The van der Waals surface area contributed by atoms with Crippen LogP contribution in [0.3, 0.4) is 0 Å². The van der Waals surface area contributed by atoms with E-state index in [1.165, 1.54) is 6.20 Å². The fourth-order valence-electron chi connectivity index (χ4n) is 1.49. The summed E-state index contributed by atoms with van der Waals surface area (Å²) in [6, 6.07) is 7.06. The van der Waals surface area contributed by atoms with E-state index in [2.05, 4.69) is 15.3 Å². The molecule has 2 rings (SSSR count). The van der Waals surface area contributed by atoms with E-state index in [-0.39, 0.29) is 5.91 Å². The van der Waals surface area contributed by atoms with E-state index in [1.54, 1.807) is 18.2 Å². The molecule has 18 heavy (non-hydrogen) atoms. The van der Waals surface area contributed by atoms with Gasteiger partial charge in [0.15, 0.2) is 0 Å². The summed E-state index contributed by atoms with van der Waals surface area (Å²) in [5.41, 5.74) is 2.59. The summed E-state index contributed by atoms with van der Waals surface area (Å²) in [6.45, 7) is 3.67. The Morgan fingerprint density at radius 3 is 2.78 bits per heavy atom. The quantitative estimate of drug-likeness (QED) is 0.846. The van der Waals surface area contributed by atoms with Gasteiger partial charge in [-0.3, -0.25) is 4.79 Å². The largest absolute Gasteiger partial charge is 0.319 e. The summed E-state index contributed by atoms with van der Waals surface area (Å²) in [6.07, 6.45) is 1.52. The lowest BCUT2D eigenvalue weighted by Gasteiger charge is -2.06. The maximum Gasteiger partial charge on any atom is 0.274 e. The Morgan fingerprint density at radius 1 is 1.33 bits per heavy atom. The van der Waals surface area contributed by atoms with Crippen LogP contribution in [0.15, 0.2) is 30.5 Å². The van der Waals surface area contributed by atoms with Crippen molar-refractivity contribution in [2.75, 3.05) is 5.32 Å². The van der Waals surface area contributed by atoms with Crippen molar-refractivity contribution in [3.63, 3.8) is 0 Å². The Hall–Kier alpha value is -1.94. The summed E-state index contributed by atoms with van der Waals surface area (Å²) in [4.78, 5) is 20.1. The number of hydrogen-bond donors (Lipinski definition) is 1. The molecule has 5 heteroatoms. The number of pyridine rings is 2. The zero-order valence-electron chi connectivity index (χ0n) is 10.1. The van der Waals surface area contributed by atoms with Crippen molar-refractivity contribution < 1.29 is 4.79 Å². The minimum Gasteiger partial charge on any atom is -0.319 e. The SMILES string of the molecule is Cc1cccc(C(=O)Nc2cnc(Cl)c(C)c2)n1. The number of anilines is 1. The highest BCUT2D eigenvalue weighted by molar-refractivity contribution is 6.30. The van der Waals surface area contributed by atoms with Gasteiger partial charge in [0.05, 0.1) is 11.9 Å². The van der Waals surface area contributed by atoms with Crippen molar-refractivity contribution >= 4 is 23.2 Å². The third-order valence-electron chi connectivity index (χ3n) is 2.39. The van der Waals surface area contributed by atoms with Crippen LogP contribution in [0.1, 0.15) is 21.7 Å². The van der Waals surface area contributed by atoms with Crippen molar-refractivity contribution in [1.82, 2.24) is 9.97 Å². The van der Waals surface area contributed by atoms with Crippen molar-refractivity contribution in [1.29, 1.82) is 0 Å². The van der Waals surface area contributed by atoms with Gasteiger partial charge in [-0.25, -0.2) is 9.97 Å². The van der Waals surface area contributed by atoms with E-state index in [9.17, 15) is 4.79 Å². The molecule has 0 aliphatic heterocycles. The Morgan fingerprint density at radius 2 is 2.11 bits per heavy atom. The van der Waals surface area contributed by atoms with E-state index in [0.717, 1.165) is 11.3 Å². The highest BCUT2D eigenvalue weighted by Crippen LogP contribution is 2.16. The molecule has 1 N–H and O–H groups in total. The highest BCUT2D eigenvalue weighted by atomic mass is 35.5. The zero-order valence-corrected chi connectivity index (χ0v) is 10.8. The van der Waals surface area contributed by atoms with Gasteiger partial charge < -0.3 is 5.32 Å². The van der Waals surface area contributed by atoms with Crippen LogP contribution in [0.2, 0.25) is 5.15 Å². The number of hydrogen-bond acceptors (Lipinski definition) is 3. The molecule has 0 aromatic carbocycles. The molecule has 0 saturated carbocycles. The number of aromatic nitrogens is 2. The van der Waals surface area contributed by atoms with Crippen molar-refractivity contribution in [3.8, 4) is 0 Å². The molecule has 2 heterocycles. The molecule has 0 aliphatic rings. The lowest BCUT2D eigenvalue weighted by molar-refractivity contribution is 0.102. The first-order valence-electron chi connectivity index (χ1n) is 5.43. The predicted molar refractivity (Wildman–Crippen MR) is 70.9 cm³/mol. The molecule has 0 atom stereocenters. The summed E-state index contributed by atoms with van der Waals surface area (Å²) in [7, 11) is 0. The van der Waals surface area contributed by atoms with E-state index >= 15 is 0 Å². The number of nitrogens with one attached hydrogen (secondary N) is 1. The third-order valence-corrected chi connectivity index (χ3v) is 2.79. The molecular formula is C13H12ClN3O. The molecule has 0 spiro atoms. The average Bonchev–Trinajstić information content (AvgIpc) is 2.34. The van der Waals surface area contributed by atoms with E-state index < -0.39 is 0 Å². The Balaban J connectivity index is 2.18. The van der Waals surface area contributed by atoms with Crippen LogP contribution in [-0.4, -0.2) is 15.9 Å². The van der Waals surface area contributed by atoms with Gasteiger partial charge >= 0.3 is 0 Å². The number of rotatable bonds is 2. The number of carbonyl (C=O) groups excluding carboxylic acids is 1. The molecule has 0 unspecified atom stereocenters. The molecule has 0 fully saturated rings. The van der Waals surface area contributed by atoms with Crippen LogP contribution in [0.25, 0.3) is 0 Å². The number of amides is 1. The van der Waals surface area contributed by atoms with Gasteiger partial charge in [-0.1, -0.05) is 17.7 Å². The minimum absolute atomic E-state index is 0.262. The Bertz CT molecular complexity index is 599. The van der Waals surface area contributed by atoms with Crippen molar-refractivity contribution in [2.45, 2.75) is 13.8 Å². The Kier molecular flexibility index (Phi) is 3.58. The van der Waals surface area contributed by atoms with Gasteiger partial charge in [-0.2, -0.15) is 0 Å². The molecule has 1 amide bonds. The summed E-state index contributed by atoms with van der Waals surface area (Å²) in [5, 5.41) is 3.16. The lowest BCUT2D eigenvalue weighted by Crippen LogP contribution is -2.14. The smallest absolute Gasteiger partial charge is 0.274 e. The predicted octanol–water partition coefficient (Wildman–Crippen LogP) is 3.00. The standard InChI is InChI=1S/C13H12ClN3O/c1-8-6-10(7-15-12(8)14)17-13(18)11-5-3-4-9(2)16-11/h3-7H,1-2H3,(H,17,18). The van der Waals surface area contributed by atoms with E-state index in [4.69, 9.17) is 11.6 Å². The van der Waals surface area contributed by atoms with Gasteiger partial charge in [0.25, 0.3) is 5.91 Å². The van der Waals surface area contributed by atoms with E-state index in [1.807, 2.05) is 19.9 Å². The second-order valence-corrected chi connectivity index (χ2v) is 4.31. The Labute approximate surface area is 110 Å². The van der Waals surface area contributed by atoms with Crippen molar-refractivity contribution in [3.05, 3.63) is 52.6 Å². The molecule has 2 aromatic rings. The highest BCUT2D eigenvalue weighted by Gasteiger charge is 2.08. The number of nitrogens with zero attached hydrogens (tertiary/aromatic N) is 2. The zero-order chi connectivity index (χ0) is 13.1. The summed E-state index contributed by atoms with van der Waals surface area (Å²) in [5.74, 6) is -0.262. The maximum absolute atomic E-state index is 11.9. The average molecular weight is 262 g/mol. The molecule has 92 valence electrons. The third kappa shape index (κ3) is 2.84. The van der Waals surface area contributed by atoms with E-state index in [0.29, 0.717) is 16.5 Å². The second kappa shape index (κ2) is 5.14. The monoisotopic (exact) mass is 261 g/mol.